The summed E-state index contributed by atoms with van der Waals surface area (Å²) in [6, 6.07) is 14.4. The molecule has 0 unspecified atom stereocenters. The van der Waals surface area contributed by atoms with E-state index < -0.39 is 0 Å². The van der Waals surface area contributed by atoms with Gasteiger partial charge in [-0.2, -0.15) is 0 Å². The number of likely N-dealkylation sites (tertiary alicyclic amines) is 1. The third-order valence-corrected chi connectivity index (χ3v) is 5.56. The van der Waals surface area contributed by atoms with Gasteiger partial charge in [-0.05, 0) is 49.2 Å². The number of methoxy groups -OCH3 is 1. The molecule has 0 aliphatic carbocycles. The number of carbonyl (C=O) groups is 2. The summed E-state index contributed by atoms with van der Waals surface area (Å²) < 4.78 is 6.87. The van der Waals surface area contributed by atoms with Gasteiger partial charge in [-0.1, -0.05) is 12.1 Å². The highest BCUT2D eigenvalue weighted by Crippen LogP contribution is 2.24. The molecule has 2 amide bonds. The maximum Gasteiger partial charge on any atom is 0.326 e. The van der Waals surface area contributed by atoms with Gasteiger partial charge in [0.05, 0.1) is 24.7 Å². The molecule has 1 fully saturated rings. The van der Waals surface area contributed by atoms with E-state index in [0.717, 1.165) is 11.0 Å². The number of aromatic amines is 1. The summed E-state index contributed by atoms with van der Waals surface area (Å²) in [6.45, 7) is 1.05. The van der Waals surface area contributed by atoms with Crippen LogP contribution in [0.5, 0.6) is 5.75 Å². The number of carbonyl (C=O) groups excluding carboxylic acids is 2. The topological polar surface area (TPSA) is 96.4 Å². The van der Waals surface area contributed by atoms with E-state index in [9.17, 15) is 14.4 Å². The number of piperidine rings is 1. The van der Waals surface area contributed by atoms with E-state index in [1.54, 1.807) is 40.8 Å². The van der Waals surface area contributed by atoms with Crippen molar-refractivity contribution in [3.63, 3.8) is 0 Å². The van der Waals surface area contributed by atoms with E-state index in [4.69, 9.17) is 4.74 Å². The number of imidazole rings is 1. The Bertz CT molecular complexity index is 1110. The number of rotatable bonds is 5. The largest absolute Gasteiger partial charge is 0.497 e. The van der Waals surface area contributed by atoms with Crippen molar-refractivity contribution in [2.24, 2.45) is 0 Å². The second-order valence-corrected chi connectivity index (χ2v) is 7.34. The molecule has 2 heterocycles. The number of fused-ring (bicyclic) bond motifs is 1. The summed E-state index contributed by atoms with van der Waals surface area (Å²) in [5.74, 6) is 0.243. The lowest BCUT2D eigenvalue weighted by Crippen LogP contribution is -2.45. The van der Waals surface area contributed by atoms with Gasteiger partial charge in [0.25, 0.3) is 5.91 Å². The number of hydrogen-bond donors (Lipinski definition) is 2. The zero-order valence-corrected chi connectivity index (χ0v) is 16.8. The Hall–Kier alpha value is -3.55. The van der Waals surface area contributed by atoms with Crippen LogP contribution < -0.4 is 15.7 Å². The molecule has 1 aromatic heterocycles. The molecule has 0 bridgehead atoms. The Kier molecular flexibility index (Phi) is 5.56. The predicted octanol–water partition coefficient (Wildman–Crippen LogP) is 1.93. The lowest BCUT2D eigenvalue weighted by molar-refractivity contribution is -0.131. The molecule has 156 valence electrons. The molecular weight excluding hydrogens is 384 g/mol. The standard InChI is InChI=1S/C22H24N4O4/c1-30-17-8-6-15(7-9-17)21(28)23-14-20(27)25-12-10-16(11-13-25)26-19-5-3-2-4-18(19)24-22(26)29/h2-9,16H,10-14H2,1H3,(H,23,28)(H,24,29). The average Bonchev–Trinajstić information content (AvgIpc) is 3.13. The summed E-state index contributed by atoms with van der Waals surface area (Å²) in [6.07, 6.45) is 1.39. The number of nitrogens with one attached hydrogen (secondary N) is 2. The first-order chi connectivity index (χ1) is 14.6. The van der Waals surface area contributed by atoms with Gasteiger partial charge >= 0.3 is 5.69 Å². The molecule has 1 aliphatic heterocycles. The minimum Gasteiger partial charge on any atom is -0.497 e. The van der Waals surface area contributed by atoms with Gasteiger partial charge in [0.2, 0.25) is 5.91 Å². The van der Waals surface area contributed by atoms with Crippen LogP contribution in [0.25, 0.3) is 11.0 Å². The second kappa shape index (κ2) is 8.44. The smallest absolute Gasteiger partial charge is 0.326 e. The highest BCUT2D eigenvalue weighted by atomic mass is 16.5. The molecule has 2 aromatic carbocycles. The molecule has 4 rings (SSSR count). The van der Waals surface area contributed by atoms with E-state index in [2.05, 4.69) is 10.3 Å². The van der Waals surface area contributed by atoms with Crippen LogP contribution in [0.15, 0.2) is 53.3 Å². The molecule has 8 nitrogen and oxygen atoms in total. The first-order valence-corrected chi connectivity index (χ1v) is 9.96. The Labute approximate surface area is 173 Å². The molecule has 2 N–H and O–H groups in total. The SMILES string of the molecule is COc1ccc(C(=O)NCC(=O)N2CCC(n3c(=O)[nH]c4ccccc43)CC2)cc1. The molecule has 0 saturated carbocycles. The molecule has 0 radical (unpaired) electrons. The van der Waals surface area contributed by atoms with Gasteiger partial charge in [-0.3, -0.25) is 14.2 Å². The van der Waals surface area contributed by atoms with Gasteiger partial charge in [0.1, 0.15) is 5.75 Å². The van der Waals surface area contributed by atoms with Crippen molar-refractivity contribution in [3.05, 3.63) is 64.6 Å². The van der Waals surface area contributed by atoms with Crippen LogP contribution in [0.1, 0.15) is 29.2 Å². The minimum atomic E-state index is -0.300. The summed E-state index contributed by atoms with van der Waals surface area (Å²) in [4.78, 5) is 41.8. The van der Waals surface area contributed by atoms with Gasteiger partial charge < -0.3 is 19.9 Å². The predicted molar refractivity (Wildman–Crippen MR) is 113 cm³/mol. The Morgan fingerprint density at radius 2 is 1.80 bits per heavy atom. The van der Waals surface area contributed by atoms with Crippen LogP contribution in [0.3, 0.4) is 0 Å². The minimum absolute atomic E-state index is 0.0478. The van der Waals surface area contributed by atoms with E-state index in [1.165, 1.54) is 0 Å². The average molecular weight is 408 g/mol. The van der Waals surface area contributed by atoms with Crippen LogP contribution in [-0.2, 0) is 4.79 Å². The van der Waals surface area contributed by atoms with E-state index >= 15 is 0 Å². The zero-order chi connectivity index (χ0) is 21.1. The number of aromatic nitrogens is 2. The van der Waals surface area contributed by atoms with Crippen LogP contribution >= 0.6 is 0 Å². The van der Waals surface area contributed by atoms with Crippen LogP contribution in [0.2, 0.25) is 0 Å². The number of H-pyrrole nitrogens is 1. The quantitative estimate of drug-likeness (QED) is 0.674. The molecule has 3 aromatic rings. The van der Waals surface area contributed by atoms with E-state index in [0.29, 0.717) is 37.2 Å². The normalized spacial score (nSPS) is 14.6. The van der Waals surface area contributed by atoms with Crippen LogP contribution in [0.4, 0.5) is 0 Å². The van der Waals surface area contributed by atoms with E-state index in [-0.39, 0.29) is 30.1 Å². The van der Waals surface area contributed by atoms with Crippen molar-refractivity contribution in [2.45, 2.75) is 18.9 Å². The molecule has 1 saturated heterocycles. The molecular formula is C22H24N4O4. The first-order valence-electron chi connectivity index (χ1n) is 9.96. The van der Waals surface area contributed by atoms with Crippen molar-refractivity contribution >= 4 is 22.8 Å². The van der Waals surface area contributed by atoms with Crippen molar-refractivity contribution < 1.29 is 14.3 Å². The third-order valence-electron chi connectivity index (χ3n) is 5.56. The van der Waals surface area contributed by atoms with Crippen molar-refractivity contribution in [1.82, 2.24) is 19.8 Å². The Morgan fingerprint density at radius 3 is 2.50 bits per heavy atom. The monoisotopic (exact) mass is 408 g/mol. The molecule has 0 spiro atoms. The summed E-state index contributed by atoms with van der Waals surface area (Å²) in [5, 5.41) is 2.67. The fourth-order valence-corrected chi connectivity index (χ4v) is 3.92. The number of amides is 2. The fourth-order valence-electron chi connectivity index (χ4n) is 3.92. The van der Waals surface area contributed by atoms with Crippen LogP contribution in [-0.4, -0.2) is 53.0 Å². The number of hydrogen-bond acceptors (Lipinski definition) is 4. The molecule has 1 aliphatic rings. The fraction of sp³-hybridized carbons (Fsp3) is 0.318. The highest BCUT2D eigenvalue weighted by molar-refractivity contribution is 5.96. The number of nitrogens with zero attached hydrogens (tertiary/aromatic N) is 2. The second-order valence-electron chi connectivity index (χ2n) is 7.34. The summed E-state index contributed by atoms with van der Waals surface area (Å²) in [5.41, 5.74) is 2.06. The van der Waals surface area contributed by atoms with Crippen LogP contribution in [0, 0.1) is 0 Å². The maximum absolute atomic E-state index is 12.5. The summed E-state index contributed by atoms with van der Waals surface area (Å²) in [7, 11) is 1.56. The first kappa shape index (κ1) is 19.8. The van der Waals surface area contributed by atoms with Gasteiger partial charge in [0.15, 0.2) is 0 Å². The Balaban J connectivity index is 1.32. The molecule has 30 heavy (non-hydrogen) atoms. The number of benzene rings is 2. The lowest BCUT2D eigenvalue weighted by Gasteiger charge is -2.32. The lowest BCUT2D eigenvalue weighted by atomic mass is 10.0. The van der Waals surface area contributed by atoms with Crippen molar-refractivity contribution in [2.75, 3.05) is 26.7 Å². The molecule has 0 atom stereocenters. The number of ether oxygens (including phenoxy) is 1. The summed E-state index contributed by atoms with van der Waals surface area (Å²) >= 11 is 0. The van der Waals surface area contributed by atoms with E-state index in [1.807, 2.05) is 24.3 Å². The van der Waals surface area contributed by atoms with Crippen molar-refractivity contribution in [3.8, 4) is 5.75 Å². The maximum atomic E-state index is 12.5. The van der Waals surface area contributed by atoms with Gasteiger partial charge in [-0.15, -0.1) is 0 Å². The zero-order valence-electron chi connectivity index (χ0n) is 16.8. The highest BCUT2D eigenvalue weighted by Gasteiger charge is 2.26. The van der Waals surface area contributed by atoms with Gasteiger partial charge in [-0.25, -0.2) is 4.79 Å². The third kappa shape index (κ3) is 3.94. The van der Waals surface area contributed by atoms with Gasteiger partial charge in [0, 0.05) is 24.7 Å². The Morgan fingerprint density at radius 1 is 1.10 bits per heavy atom. The van der Waals surface area contributed by atoms with Crippen molar-refractivity contribution in [1.29, 1.82) is 0 Å². The molecule has 8 heteroatoms. The number of para-hydroxylation sites is 2.